The lowest BCUT2D eigenvalue weighted by Crippen LogP contribution is -2.34. The van der Waals surface area contributed by atoms with Crippen LogP contribution in [0.3, 0.4) is 0 Å². The monoisotopic (exact) mass is 243 g/mol. The summed E-state index contributed by atoms with van der Waals surface area (Å²) in [6.45, 7) is 5.23. The molecule has 0 fully saturated rings. The molecule has 0 saturated heterocycles. The average Bonchev–Trinajstić information content (AvgIpc) is 2.71. The van der Waals surface area contributed by atoms with Gasteiger partial charge >= 0.3 is 0 Å². The first-order valence-electron chi connectivity index (χ1n) is 5.58. The smallest absolute Gasteiger partial charge is 0.177 e. The third-order valence-corrected chi connectivity index (χ3v) is 3.50. The molecule has 0 aliphatic heterocycles. The number of rotatable bonds is 7. The van der Waals surface area contributed by atoms with Gasteiger partial charge in [0.2, 0.25) is 0 Å². The summed E-state index contributed by atoms with van der Waals surface area (Å²) in [6.07, 6.45) is 0.866. The molecule has 1 aromatic heterocycles. The highest BCUT2D eigenvalue weighted by Gasteiger charge is 2.23. The lowest BCUT2D eigenvalue weighted by atomic mass is 10.2. The third-order valence-electron chi connectivity index (χ3n) is 2.42. The van der Waals surface area contributed by atoms with E-state index >= 15 is 0 Å². The summed E-state index contributed by atoms with van der Waals surface area (Å²) in [7, 11) is 3.35. The molecule has 1 heterocycles. The predicted octanol–water partition coefficient (Wildman–Crippen LogP) is 2.72. The molecule has 0 spiro atoms. The van der Waals surface area contributed by atoms with E-state index in [1.54, 1.807) is 25.6 Å². The van der Waals surface area contributed by atoms with Gasteiger partial charge in [0.1, 0.15) is 0 Å². The highest BCUT2D eigenvalue weighted by molar-refractivity contribution is 7.12. The van der Waals surface area contributed by atoms with Gasteiger partial charge in [-0.25, -0.2) is 0 Å². The zero-order valence-corrected chi connectivity index (χ0v) is 11.3. The third kappa shape index (κ3) is 3.56. The summed E-state index contributed by atoms with van der Waals surface area (Å²) >= 11 is 1.78. The van der Waals surface area contributed by atoms with Crippen molar-refractivity contribution in [3.63, 3.8) is 0 Å². The van der Waals surface area contributed by atoms with E-state index in [4.69, 9.17) is 9.47 Å². The van der Waals surface area contributed by atoms with E-state index in [1.807, 2.05) is 0 Å². The fourth-order valence-electron chi connectivity index (χ4n) is 1.62. The Morgan fingerprint density at radius 2 is 2.00 bits per heavy atom. The molecule has 0 aliphatic carbocycles. The van der Waals surface area contributed by atoms with Crippen LogP contribution in [-0.4, -0.2) is 27.1 Å². The van der Waals surface area contributed by atoms with Gasteiger partial charge in [-0.1, -0.05) is 6.92 Å². The average molecular weight is 243 g/mol. The molecule has 0 amide bonds. The molecule has 0 bridgehead atoms. The van der Waals surface area contributed by atoms with Gasteiger partial charge in [-0.2, -0.15) is 0 Å². The van der Waals surface area contributed by atoms with Crippen LogP contribution in [0.5, 0.6) is 0 Å². The van der Waals surface area contributed by atoms with Crippen LogP contribution in [0.15, 0.2) is 12.1 Å². The van der Waals surface area contributed by atoms with Gasteiger partial charge in [-0.15, -0.1) is 11.3 Å². The highest BCUT2D eigenvalue weighted by atomic mass is 32.1. The van der Waals surface area contributed by atoms with Crippen molar-refractivity contribution in [1.29, 1.82) is 0 Å². The Morgan fingerprint density at radius 3 is 2.44 bits per heavy atom. The molecule has 1 atom stereocenters. The quantitative estimate of drug-likeness (QED) is 0.747. The zero-order chi connectivity index (χ0) is 12.0. The van der Waals surface area contributed by atoms with E-state index in [-0.39, 0.29) is 12.3 Å². The lowest BCUT2D eigenvalue weighted by Gasteiger charge is -2.24. The van der Waals surface area contributed by atoms with Gasteiger partial charge in [0.25, 0.3) is 0 Å². The highest BCUT2D eigenvalue weighted by Crippen LogP contribution is 2.26. The minimum absolute atomic E-state index is 0.119. The molecule has 1 unspecified atom stereocenters. The summed E-state index contributed by atoms with van der Waals surface area (Å²) in [5.74, 6) is 0. The van der Waals surface area contributed by atoms with Crippen LogP contribution in [0.4, 0.5) is 0 Å². The molecule has 3 nitrogen and oxygen atoms in total. The maximum atomic E-state index is 5.34. The molecular formula is C12H21NO2S. The molecule has 0 aliphatic rings. The lowest BCUT2D eigenvalue weighted by molar-refractivity contribution is -0.123. The number of nitrogens with one attached hydrogen (secondary N) is 1. The van der Waals surface area contributed by atoms with Gasteiger partial charge < -0.3 is 14.8 Å². The summed E-state index contributed by atoms with van der Waals surface area (Å²) in [5, 5.41) is 3.46. The molecule has 1 rings (SSSR count). The predicted molar refractivity (Wildman–Crippen MR) is 67.9 cm³/mol. The molecule has 4 heteroatoms. The van der Waals surface area contributed by atoms with Crippen LogP contribution in [0.1, 0.15) is 29.1 Å². The normalized spacial score (nSPS) is 13.3. The van der Waals surface area contributed by atoms with Crippen LogP contribution in [0, 0.1) is 6.92 Å². The Bertz CT molecular complexity index is 297. The van der Waals surface area contributed by atoms with Crippen LogP contribution in [0.2, 0.25) is 0 Å². The van der Waals surface area contributed by atoms with Crippen molar-refractivity contribution >= 4 is 11.3 Å². The molecule has 1 aromatic rings. The standard InChI is InChI=1S/C12H21NO2S/c1-5-8-13-11(12(14-3)15-4)10-7-6-9(2)16-10/h6-7,11-13H,5,8H2,1-4H3. The Balaban J connectivity index is 2.77. The number of thiophene rings is 1. The maximum absolute atomic E-state index is 5.34. The van der Waals surface area contributed by atoms with Gasteiger partial charge in [-0.3, -0.25) is 0 Å². The minimum Gasteiger partial charge on any atom is -0.354 e. The summed E-state index contributed by atoms with van der Waals surface area (Å²) in [6, 6.07) is 4.38. The van der Waals surface area contributed by atoms with E-state index in [1.165, 1.54) is 9.75 Å². The Kier molecular flexibility index (Phi) is 5.98. The number of hydrogen-bond acceptors (Lipinski definition) is 4. The van der Waals surface area contributed by atoms with E-state index in [2.05, 4.69) is 31.3 Å². The zero-order valence-electron chi connectivity index (χ0n) is 10.4. The van der Waals surface area contributed by atoms with Crippen LogP contribution in [-0.2, 0) is 9.47 Å². The van der Waals surface area contributed by atoms with Crippen molar-refractivity contribution in [3.05, 3.63) is 21.9 Å². The summed E-state index contributed by atoms with van der Waals surface area (Å²) < 4.78 is 10.7. The number of ether oxygens (including phenoxy) is 2. The van der Waals surface area contributed by atoms with Gasteiger partial charge in [0, 0.05) is 24.0 Å². The van der Waals surface area contributed by atoms with Crippen LogP contribution >= 0.6 is 11.3 Å². The largest absolute Gasteiger partial charge is 0.354 e. The summed E-state index contributed by atoms with van der Waals surface area (Å²) in [5.41, 5.74) is 0. The van der Waals surface area contributed by atoms with Crippen LogP contribution in [0.25, 0.3) is 0 Å². The van der Waals surface area contributed by atoms with Gasteiger partial charge in [-0.05, 0) is 32.0 Å². The molecule has 0 saturated carbocycles. The van der Waals surface area contributed by atoms with E-state index < -0.39 is 0 Å². The molecule has 16 heavy (non-hydrogen) atoms. The van der Waals surface area contributed by atoms with Crippen LogP contribution < -0.4 is 5.32 Å². The van der Waals surface area contributed by atoms with Crippen molar-refractivity contribution in [2.45, 2.75) is 32.6 Å². The van der Waals surface area contributed by atoms with Crippen molar-refractivity contribution in [1.82, 2.24) is 5.32 Å². The first-order chi connectivity index (χ1) is 7.72. The first-order valence-corrected chi connectivity index (χ1v) is 6.39. The molecule has 1 N–H and O–H groups in total. The Morgan fingerprint density at radius 1 is 1.31 bits per heavy atom. The van der Waals surface area contributed by atoms with E-state index in [0.717, 1.165) is 13.0 Å². The fraction of sp³-hybridized carbons (Fsp3) is 0.667. The van der Waals surface area contributed by atoms with Crippen molar-refractivity contribution < 1.29 is 9.47 Å². The molecule has 0 aromatic carbocycles. The molecule has 0 radical (unpaired) electrons. The van der Waals surface area contributed by atoms with Crippen molar-refractivity contribution in [2.75, 3.05) is 20.8 Å². The van der Waals surface area contributed by atoms with E-state index in [0.29, 0.717) is 0 Å². The first kappa shape index (κ1) is 13.6. The second-order valence-electron chi connectivity index (χ2n) is 3.72. The van der Waals surface area contributed by atoms with Gasteiger partial charge in [0.15, 0.2) is 6.29 Å². The number of aryl methyl sites for hydroxylation is 1. The minimum atomic E-state index is -0.232. The Hall–Kier alpha value is -0.420. The SMILES string of the molecule is CCCNC(c1ccc(C)s1)C(OC)OC. The van der Waals surface area contributed by atoms with Crippen molar-refractivity contribution in [2.24, 2.45) is 0 Å². The second-order valence-corrected chi connectivity index (χ2v) is 5.04. The second kappa shape index (κ2) is 7.01. The fourth-order valence-corrected chi connectivity index (χ4v) is 2.59. The number of hydrogen-bond donors (Lipinski definition) is 1. The Labute approximate surface area is 102 Å². The van der Waals surface area contributed by atoms with Gasteiger partial charge in [0.05, 0.1) is 6.04 Å². The number of methoxy groups -OCH3 is 2. The van der Waals surface area contributed by atoms with Crippen molar-refractivity contribution in [3.8, 4) is 0 Å². The summed E-state index contributed by atoms with van der Waals surface area (Å²) in [4.78, 5) is 2.57. The topological polar surface area (TPSA) is 30.5 Å². The van der Waals surface area contributed by atoms with E-state index in [9.17, 15) is 0 Å². The molecule has 92 valence electrons. The molecular weight excluding hydrogens is 222 g/mol. The maximum Gasteiger partial charge on any atom is 0.177 e.